The molecule has 2 saturated carbocycles. The van der Waals surface area contributed by atoms with Gasteiger partial charge in [0.2, 0.25) is 0 Å². The topological polar surface area (TPSA) is 12.0 Å². The molecule has 0 spiro atoms. The van der Waals surface area contributed by atoms with Crippen molar-refractivity contribution in [3.63, 3.8) is 0 Å². The second-order valence-corrected chi connectivity index (χ2v) is 4.41. The molecule has 0 aromatic heterocycles. The molecule has 0 aromatic carbocycles. The maximum absolute atomic E-state index is 3.42. The lowest BCUT2D eigenvalue weighted by Gasteiger charge is -2.25. The first-order valence-corrected chi connectivity index (χ1v) is 4.41. The fourth-order valence-corrected chi connectivity index (χ4v) is 2.94. The van der Waals surface area contributed by atoms with Crippen molar-refractivity contribution in [2.24, 2.45) is 11.3 Å². The van der Waals surface area contributed by atoms with Crippen LogP contribution in [0.2, 0.25) is 0 Å². The van der Waals surface area contributed by atoms with Crippen molar-refractivity contribution in [2.45, 2.75) is 38.6 Å². The molecule has 2 aliphatic rings. The van der Waals surface area contributed by atoms with Crippen molar-refractivity contribution in [2.75, 3.05) is 7.05 Å². The third kappa shape index (κ3) is 0.800. The Bertz CT molecular complexity index is 144. The van der Waals surface area contributed by atoms with Gasteiger partial charge in [-0.1, -0.05) is 6.92 Å². The van der Waals surface area contributed by atoms with Gasteiger partial charge in [-0.05, 0) is 44.1 Å². The van der Waals surface area contributed by atoms with Crippen molar-refractivity contribution in [1.82, 2.24) is 5.32 Å². The van der Waals surface area contributed by atoms with Crippen LogP contribution in [0.4, 0.5) is 0 Å². The van der Waals surface area contributed by atoms with Crippen LogP contribution in [-0.4, -0.2) is 13.1 Å². The van der Waals surface area contributed by atoms with Gasteiger partial charge in [0.05, 0.1) is 0 Å². The van der Waals surface area contributed by atoms with Gasteiger partial charge in [-0.3, -0.25) is 0 Å². The molecular formula is C9H17N. The Morgan fingerprint density at radius 2 is 2.20 bits per heavy atom. The number of nitrogens with one attached hydrogen (secondary N) is 1. The Labute approximate surface area is 63.2 Å². The first kappa shape index (κ1) is 6.66. The zero-order valence-corrected chi connectivity index (χ0v) is 6.98. The molecule has 0 amide bonds. The fourth-order valence-electron chi connectivity index (χ4n) is 2.94. The summed E-state index contributed by atoms with van der Waals surface area (Å²) in [5.74, 6) is 1.01. The van der Waals surface area contributed by atoms with Crippen LogP contribution in [0.15, 0.2) is 0 Å². The number of fused-ring (bicyclic) bond motifs is 2. The van der Waals surface area contributed by atoms with E-state index in [0.29, 0.717) is 0 Å². The summed E-state index contributed by atoms with van der Waals surface area (Å²) in [5, 5.41) is 3.42. The summed E-state index contributed by atoms with van der Waals surface area (Å²) in [6, 6.07) is 0.846. The van der Waals surface area contributed by atoms with Gasteiger partial charge in [0.1, 0.15) is 0 Å². The second kappa shape index (κ2) is 1.97. The lowest BCUT2D eigenvalue weighted by atomic mass is 9.85. The lowest BCUT2D eigenvalue weighted by molar-refractivity contribution is 0.292. The average molecular weight is 139 g/mol. The molecule has 0 heterocycles. The minimum Gasteiger partial charge on any atom is -0.317 e. The van der Waals surface area contributed by atoms with Crippen molar-refractivity contribution in [3.05, 3.63) is 0 Å². The van der Waals surface area contributed by atoms with E-state index in [-0.39, 0.29) is 0 Å². The van der Waals surface area contributed by atoms with Gasteiger partial charge >= 0.3 is 0 Å². The molecule has 58 valence electrons. The van der Waals surface area contributed by atoms with Gasteiger partial charge in [-0.25, -0.2) is 0 Å². The molecule has 0 radical (unpaired) electrons. The third-order valence-corrected chi connectivity index (χ3v) is 3.53. The monoisotopic (exact) mass is 139 g/mol. The standard InChI is InChI=1S/C9H17N/c1-9-4-3-7(5-9)8(6-9)10-2/h7-8,10H,3-6H2,1-2H3/t7?,8?,9-/m0/s1. The van der Waals surface area contributed by atoms with Gasteiger partial charge in [0.25, 0.3) is 0 Å². The average Bonchev–Trinajstić information content (AvgIpc) is 2.41. The Balaban J connectivity index is 2.10. The van der Waals surface area contributed by atoms with E-state index in [1.54, 1.807) is 0 Å². The van der Waals surface area contributed by atoms with Crippen LogP contribution >= 0.6 is 0 Å². The quantitative estimate of drug-likeness (QED) is 0.584. The highest BCUT2D eigenvalue weighted by molar-refractivity contribution is 5.00. The molecule has 1 N–H and O–H groups in total. The molecule has 3 atom stereocenters. The van der Waals surface area contributed by atoms with Crippen molar-refractivity contribution < 1.29 is 0 Å². The largest absolute Gasteiger partial charge is 0.317 e. The van der Waals surface area contributed by atoms with Crippen LogP contribution in [0.5, 0.6) is 0 Å². The second-order valence-electron chi connectivity index (χ2n) is 4.41. The molecule has 0 saturated heterocycles. The minimum atomic E-state index is 0.721. The van der Waals surface area contributed by atoms with E-state index in [2.05, 4.69) is 19.3 Å². The van der Waals surface area contributed by atoms with Gasteiger partial charge in [0, 0.05) is 6.04 Å². The predicted octanol–water partition coefficient (Wildman–Crippen LogP) is 1.78. The van der Waals surface area contributed by atoms with Crippen molar-refractivity contribution in [3.8, 4) is 0 Å². The van der Waals surface area contributed by atoms with E-state index in [1.807, 2.05) is 0 Å². The van der Waals surface area contributed by atoms with Crippen LogP contribution < -0.4 is 5.32 Å². The molecule has 1 heteroatoms. The molecule has 0 aliphatic heterocycles. The first-order chi connectivity index (χ1) is 4.73. The van der Waals surface area contributed by atoms with E-state index in [4.69, 9.17) is 0 Å². The summed E-state index contributed by atoms with van der Waals surface area (Å²) in [6.07, 6.45) is 5.87. The summed E-state index contributed by atoms with van der Waals surface area (Å²) < 4.78 is 0. The normalized spacial score (nSPS) is 52.2. The zero-order valence-electron chi connectivity index (χ0n) is 6.98. The molecule has 2 aliphatic carbocycles. The molecule has 1 nitrogen and oxygen atoms in total. The predicted molar refractivity (Wildman–Crippen MR) is 42.9 cm³/mol. The van der Waals surface area contributed by atoms with Crippen LogP contribution in [0.25, 0.3) is 0 Å². The summed E-state index contributed by atoms with van der Waals surface area (Å²) in [7, 11) is 2.11. The third-order valence-electron chi connectivity index (χ3n) is 3.53. The molecule has 2 bridgehead atoms. The molecule has 10 heavy (non-hydrogen) atoms. The zero-order chi connectivity index (χ0) is 7.19. The summed E-state index contributed by atoms with van der Waals surface area (Å²) >= 11 is 0. The van der Waals surface area contributed by atoms with Crippen LogP contribution in [0.1, 0.15) is 32.6 Å². The molecule has 2 rings (SSSR count). The van der Waals surface area contributed by atoms with E-state index in [1.165, 1.54) is 25.7 Å². The van der Waals surface area contributed by atoms with E-state index in [0.717, 1.165) is 17.4 Å². The molecule has 2 unspecified atom stereocenters. The molecule has 2 fully saturated rings. The van der Waals surface area contributed by atoms with Crippen LogP contribution in [0.3, 0.4) is 0 Å². The Hall–Kier alpha value is -0.0400. The van der Waals surface area contributed by atoms with Crippen LogP contribution in [0, 0.1) is 11.3 Å². The smallest absolute Gasteiger partial charge is 0.00977 e. The summed E-state index contributed by atoms with van der Waals surface area (Å²) in [5.41, 5.74) is 0.721. The van der Waals surface area contributed by atoms with Crippen molar-refractivity contribution >= 4 is 0 Å². The van der Waals surface area contributed by atoms with Gasteiger partial charge < -0.3 is 5.32 Å². The Kier molecular flexibility index (Phi) is 1.31. The maximum atomic E-state index is 3.42. The number of rotatable bonds is 1. The highest BCUT2D eigenvalue weighted by Crippen LogP contribution is 2.53. The highest BCUT2D eigenvalue weighted by atomic mass is 14.9. The Morgan fingerprint density at radius 3 is 2.50 bits per heavy atom. The van der Waals surface area contributed by atoms with Gasteiger partial charge in [-0.2, -0.15) is 0 Å². The summed E-state index contributed by atoms with van der Waals surface area (Å²) in [4.78, 5) is 0. The highest BCUT2D eigenvalue weighted by Gasteiger charge is 2.46. The maximum Gasteiger partial charge on any atom is 0.00977 e. The lowest BCUT2D eigenvalue weighted by Crippen LogP contribution is -2.31. The van der Waals surface area contributed by atoms with Gasteiger partial charge in [0.15, 0.2) is 0 Å². The van der Waals surface area contributed by atoms with Crippen molar-refractivity contribution in [1.29, 1.82) is 0 Å². The molecule has 0 aromatic rings. The van der Waals surface area contributed by atoms with E-state index < -0.39 is 0 Å². The Morgan fingerprint density at radius 1 is 1.40 bits per heavy atom. The molecular weight excluding hydrogens is 122 g/mol. The summed E-state index contributed by atoms with van der Waals surface area (Å²) in [6.45, 7) is 2.45. The number of hydrogen-bond donors (Lipinski definition) is 1. The van der Waals surface area contributed by atoms with E-state index in [9.17, 15) is 0 Å². The first-order valence-electron chi connectivity index (χ1n) is 4.41. The SMILES string of the molecule is CNC1C[C@@]2(C)CCC1C2. The van der Waals surface area contributed by atoms with Gasteiger partial charge in [-0.15, -0.1) is 0 Å². The number of hydrogen-bond acceptors (Lipinski definition) is 1. The van der Waals surface area contributed by atoms with Crippen LogP contribution in [-0.2, 0) is 0 Å². The minimum absolute atomic E-state index is 0.721. The fraction of sp³-hybridized carbons (Fsp3) is 1.00. The van der Waals surface area contributed by atoms with E-state index >= 15 is 0 Å².